The van der Waals surface area contributed by atoms with Crippen LogP contribution < -0.4 is 5.73 Å². The van der Waals surface area contributed by atoms with Gasteiger partial charge in [-0.2, -0.15) is 0 Å². The number of nitrogens with two attached hydrogens (primary N) is 1. The van der Waals surface area contributed by atoms with Crippen LogP contribution in [0.25, 0.3) is 0 Å². The van der Waals surface area contributed by atoms with Crippen molar-refractivity contribution in [3.63, 3.8) is 0 Å². The quantitative estimate of drug-likeness (QED) is 0.754. The van der Waals surface area contributed by atoms with Crippen molar-refractivity contribution in [3.8, 4) is 0 Å². The van der Waals surface area contributed by atoms with Crippen LogP contribution in [0.4, 0.5) is 0 Å². The number of carbonyl (C=O) groups excluding carboxylic acids is 1. The largest absolute Gasteiger partial charge is 0.364 e. The average molecular weight is 255 g/mol. The van der Waals surface area contributed by atoms with Crippen molar-refractivity contribution >= 4 is 5.91 Å². The highest BCUT2D eigenvalue weighted by Gasteiger charge is 2.31. The smallest absolute Gasteiger partial charge is 0.251 e. The molecule has 2 aliphatic heterocycles. The van der Waals surface area contributed by atoms with Gasteiger partial charge in [-0.3, -0.25) is 4.79 Å². The number of hydrogen-bond acceptors (Lipinski definition) is 4. The zero-order chi connectivity index (χ0) is 13.0. The Morgan fingerprint density at radius 2 is 2.11 bits per heavy atom. The summed E-state index contributed by atoms with van der Waals surface area (Å²) < 4.78 is 5.64. The Hall–Kier alpha value is -0.650. The van der Waals surface area contributed by atoms with E-state index in [4.69, 9.17) is 10.5 Å². The molecule has 0 aromatic heterocycles. The minimum absolute atomic E-state index is 0.0749. The van der Waals surface area contributed by atoms with Crippen LogP contribution in [0.2, 0.25) is 0 Å². The van der Waals surface area contributed by atoms with Gasteiger partial charge in [-0.05, 0) is 38.8 Å². The molecule has 0 aromatic rings. The first-order chi connectivity index (χ1) is 8.70. The summed E-state index contributed by atoms with van der Waals surface area (Å²) in [5.41, 5.74) is 5.56. The zero-order valence-electron chi connectivity index (χ0n) is 11.3. The van der Waals surface area contributed by atoms with E-state index in [0.29, 0.717) is 6.54 Å². The monoisotopic (exact) mass is 255 g/mol. The fourth-order valence-corrected chi connectivity index (χ4v) is 2.71. The van der Waals surface area contributed by atoms with Crippen LogP contribution in [0.5, 0.6) is 0 Å². The SMILES string of the molecule is CN(CCN1CCCC1)C(=O)C1CCC(CN)O1. The number of rotatable bonds is 5. The maximum atomic E-state index is 12.2. The Labute approximate surface area is 109 Å². The van der Waals surface area contributed by atoms with Crippen molar-refractivity contribution in [1.82, 2.24) is 9.80 Å². The molecule has 2 rings (SSSR count). The van der Waals surface area contributed by atoms with Gasteiger partial charge in [0, 0.05) is 26.7 Å². The molecule has 104 valence electrons. The summed E-state index contributed by atoms with van der Waals surface area (Å²) in [5, 5.41) is 0. The van der Waals surface area contributed by atoms with E-state index in [2.05, 4.69) is 4.90 Å². The van der Waals surface area contributed by atoms with Gasteiger partial charge in [0.15, 0.2) is 0 Å². The van der Waals surface area contributed by atoms with Crippen LogP contribution in [0.3, 0.4) is 0 Å². The molecule has 0 radical (unpaired) electrons. The van der Waals surface area contributed by atoms with Crippen molar-refractivity contribution in [2.24, 2.45) is 5.73 Å². The molecule has 18 heavy (non-hydrogen) atoms. The summed E-state index contributed by atoms with van der Waals surface area (Å²) in [6.07, 6.45) is 4.12. The topological polar surface area (TPSA) is 58.8 Å². The fourth-order valence-electron chi connectivity index (χ4n) is 2.71. The van der Waals surface area contributed by atoms with Crippen LogP contribution >= 0.6 is 0 Å². The number of ether oxygens (including phenoxy) is 1. The van der Waals surface area contributed by atoms with E-state index >= 15 is 0 Å². The predicted molar refractivity (Wildman–Crippen MR) is 70.3 cm³/mol. The fraction of sp³-hybridized carbons (Fsp3) is 0.923. The van der Waals surface area contributed by atoms with Gasteiger partial charge >= 0.3 is 0 Å². The molecule has 0 aliphatic carbocycles. The van der Waals surface area contributed by atoms with Crippen LogP contribution in [0.15, 0.2) is 0 Å². The molecule has 2 aliphatic rings. The Morgan fingerprint density at radius 3 is 2.72 bits per heavy atom. The van der Waals surface area contributed by atoms with E-state index in [1.807, 2.05) is 11.9 Å². The number of amides is 1. The molecule has 0 bridgehead atoms. The van der Waals surface area contributed by atoms with Gasteiger partial charge in [-0.25, -0.2) is 0 Å². The van der Waals surface area contributed by atoms with Crippen molar-refractivity contribution < 1.29 is 9.53 Å². The molecule has 2 fully saturated rings. The third-order valence-corrected chi connectivity index (χ3v) is 3.97. The van der Waals surface area contributed by atoms with Crippen LogP contribution in [0.1, 0.15) is 25.7 Å². The third-order valence-electron chi connectivity index (χ3n) is 3.97. The van der Waals surface area contributed by atoms with E-state index in [1.165, 1.54) is 25.9 Å². The molecule has 2 saturated heterocycles. The number of nitrogens with zero attached hydrogens (tertiary/aromatic N) is 2. The van der Waals surface area contributed by atoms with Crippen molar-refractivity contribution in [2.75, 3.05) is 39.8 Å². The van der Waals surface area contributed by atoms with E-state index in [-0.39, 0.29) is 18.1 Å². The van der Waals surface area contributed by atoms with Crippen molar-refractivity contribution in [2.45, 2.75) is 37.9 Å². The molecule has 0 spiro atoms. The van der Waals surface area contributed by atoms with Crippen molar-refractivity contribution in [1.29, 1.82) is 0 Å². The number of hydrogen-bond donors (Lipinski definition) is 1. The second-order valence-corrected chi connectivity index (χ2v) is 5.37. The van der Waals surface area contributed by atoms with Gasteiger partial charge in [0.1, 0.15) is 6.10 Å². The Kier molecular flexibility index (Phi) is 4.97. The number of likely N-dealkylation sites (N-methyl/N-ethyl adjacent to an activating group) is 1. The summed E-state index contributed by atoms with van der Waals surface area (Å²) in [5.74, 6) is 0.116. The summed E-state index contributed by atoms with van der Waals surface area (Å²) in [6.45, 7) is 4.65. The van der Waals surface area contributed by atoms with E-state index in [1.54, 1.807) is 0 Å². The minimum Gasteiger partial charge on any atom is -0.364 e. The summed E-state index contributed by atoms with van der Waals surface area (Å²) in [4.78, 5) is 16.4. The molecular formula is C13H25N3O2. The van der Waals surface area contributed by atoms with Gasteiger partial charge < -0.3 is 20.3 Å². The highest BCUT2D eigenvalue weighted by Crippen LogP contribution is 2.20. The Balaban J connectivity index is 1.71. The second kappa shape index (κ2) is 6.50. The average Bonchev–Trinajstić information content (AvgIpc) is 3.05. The minimum atomic E-state index is -0.262. The molecule has 5 nitrogen and oxygen atoms in total. The molecule has 2 heterocycles. The number of carbonyl (C=O) groups is 1. The summed E-state index contributed by atoms with van der Waals surface area (Å²) in [7, 11) is 1.87. The standard InChI is InChI=1S/C13H25N3O2/c1-15(8-9-16-6-2-3-7-16)13(17)12-5-4-11(10-14)18-12/h11-12H,2-10,14H2,1H3. The lowest BCUT2D eigenvalue weighted by molar-refractivity contribution is -0.141. The first-order valence-corrected chi connectivity index (χ1v) is 7.03. The van der Waals surface area contributed by atoms with Gasteiger partial charge in [-0.1, -0.05) is 0 Å². The maximum Gasteiger partial charge on any atom is 0.251 e. The predicted octanol–water partition coefficient (Wildman–Crippen LogP) is 0.0469. The molecule has 1 amide bonds. The first-order valence-electron chi connectivity index (χ1n) is 7.03. The lowest BCUT2D eigenvalue weighted by atomic mass is 10.2. The Bertz CT molecular complexity index is 279. The van der Waals surface area contributed by atoms with Gasteiger partial charge in [-0.15, -0.1) is 0 Å². The van der Waals surface area contributed by atoms with Crippen LogP contribution in [-0.2, 0) is 9.53 Å². The summed E-state index contributed by atoms with van der Waals surface area (Å²) >= 11 is 0. The van der Waals surface area contributed by atoms with E-state index in [9.17, 15) is 4.79 Å². The molecule has 2 N–H and O–H groups in total. The lowest BCUT2D eigenvalue weighted by Crippen LogP contribution is -2.41. The van der Waals surface area contributed by atoms with Gasteiger partial charge in [0.05, 0.1) is 6.10 Å². The Morgan fingerprint density at radius 1 is 1.39 bits per heavy atom. The third kappa shape index (κ3) is 3.43. The van der Waals surface area contributed by atoms with Crippen LogP contribution in [0, 0.1) is 0 Å². The second-order valence-electron chi connectivity index (χ2n) is 5.37. The highest BCUT2D eigenvalue weighted by molar-refractivity contribution is 5.80. The van der Waals surface area contributed by atoms with E-state index in [0.717, 1.165) is 25.9 Å². The summed E-state index contributed by atoms with van der Waals surface area (Å²) in [6, 6.07) is 0. The lowest BCUT2D eigenvalue weighted by Gasteiger charge is -2.24. The first kappa shape index (κ1) is 13.8. The molecular weight excluding hydrogens is 230 g/mol. The molecule has 0 saturated carbocycles. The van der Waals surface area contributed by atoms with Gasteiger partial charge in [0.25, 0.3) is 5.91 Å². The van der Waals surface area contributed by atoms with Gasteiger partial charge in [0.2, 0.25) is 0 Å². The normalized spacial score (nSPS) is 28.8. The molecule has 5 heteroatoms. The molecule has 2 atom stereocenters. The van der Waals surface area contributed by atoms with Crippen molar-refractivity contribution in [3.05, 3.63) is 0 Å². The maximum absolute atomic E-state index is 12.2. The molecule has 2 unspecified atom stereocenters. The molecule has 0 aromatic carbocycles. The zero-order valence-corrected chi connectivity index (χ0v) is 11.3. The van der Waals surface area contributed by atoms with E-state index < -0.39 is 0 Å². The number of likely N-dealkylation sites (tertiary alicyclic amines) is 1. The highest BCUT2D eigenvalue weighted by atomic mass is 16.5. The van der Waals surface area contributed by atoms with Crippen LogP contribution in [-0.4, -0.2) is 67.7 Å².